The molecule has 0 spiro atoms. The first-order valence-corrected chi connectivity index (χ1v) is 6.63. The molecule has 1 aromatic carbocycles. The number of carbonyl (C=O) groups is 1. The van der Waals surface area contributed by atoms with Crippen molar-refractivity contribution in [2.24, 2.45) is 0 Å². The highest BCUT2D eigenvalue weighted by Gasteiger charge is 2.19. The summed E-state index contributed by atoms with van der Waals surface area (Å²) in [5, 5.41) is 0. The van der Waals surface area contributed by atoms with Crippen LogP contribution in [-0.2, 0) is 15.9 Å². The summed E-state index contributed by atoms with van der Waals surface area (Å²) in [4.78, 5) is 11.6. The lowest BCUT2D eigenvalue weighted by Gasteiger charge is -2.16. The highest BCUT2D eigenvalue weighted by atomic mass is 16.6. The third-order valence-corrected chi connectivity index (χ3v) is 2.64. The number of hydrogen-bond acceptors (Lipinski definition) is 3. The van der Waals surface area contributed by atoms with E-state index in [-0.39, 0.29) is 5.97 Å². The molecule has 3 nitrogen and oxygen atoms in total. The Balaban J connectivity index is 2.69. The zero-order valence-electron chi connectivity index (χ0n) is 11.4. The van der Waals surface area contributed by atoms with Crippen molar-refractivity contribution in [2.45, 2.75) is 39.5 Å². The van der Waals surface area contributed by atoms with E-state index in [2.05, 4.69) is 12.9 Å². The van der Waals surface area contributed by atoms with Gasteiger partial charge < -0.3 is 9.47 Å². The standard InChI is InChI=1S/C14H21BO3/c1-4-13(14(16)17-5-2)18-12-8-6-7-11(9-12)10-15-3/h6-9,13,15H,4-5,10H2,1-3H3/t13-/m1/s1. The molecule has 0 N–H and O–H groups in total. The van der Waals surface area contributed by atoms with E-state index in [0.29, 0.717) is 13.0 Å². The van der Waals surface area contributed by atoms with Crippen LogP contribution in [0.2, 0.25) is 6.82 Å². The molecular formula is C14H21BO3. The molecule has 0 bridgehead atoms. The van der Waals surface area contributed by atoms with Crippen LogP contribution in [0.15, 0.2) is 24.3 Å². The maximum Gasteiger partial charge on any atom is 0.347 e. The van der Waals surface area contributed by atoms with Gasteiger partial charge in [0, 0.05) is 0 Å². The van der Waals surface area contributed by atoms with Crippen LogP contribution < -0.4 is 4.74 Å². The van der Waals surface area contributed by atoms with Gasteiger partial charge in [-0.25, -0.2) is 4.79 Å². The number of benzene rings is 1. The van der Waals surface area contributed by atoms with E-state index in [1.165, 1.54) is 5.56 Å². The Labute approximate surface area is 110 Å². The van der Waals surface area contributed by atoms with Crippen molar-refractivity contribution in [1.29, 1.82) is 0 Å². The van der Waals surface area contributed by atoms with Gasteiger partial charge in [0.25, 0.3) is 0 Å². The maximum atomic E-state index is 11.6. The van der Waals surface area contributed by atoms with Crippen LogP contribution in [0.5, 0.6) is 5.75 Å². The van der Waals surface area contributed by atoms with E-state index < -0.39 is 6.10 Å². The summed E-state index contributed by atoms with van der Waals surface area (Å²) in [6.45, 7) is 6.24. The second-order valence-electron chi connectivity index (χ2n) is 4.16. The topological polar surface area (TPSA) is 35.5 Å². The van der Waals surface area contributed by atoms with Crippen molar-refractivity contribution >= 4 is 13.2 Å². The van der Waals surface area contributed by atoms with Crippen molar-refractivity contribution in [3.05, 3.63) is 29.8 Å². The summed E-state index contributed by atoms with van der Waals surface area (Å²) in [5.41, 5.74) is 1.23. The molecular weight excluding hydrogens is 227 g/mol. The molecule has 0 unspecified atom stereocenters. The Bertz CT molecular complexity index is 379. The fourth-order valence-corrected chi connectivity index (χ4v) is 1.76. The molecule has 0 saturated heterocycles. The minimum Gasteiger partial charge on any atom is -0.479 e. The first kappa shape index (κ1) is 14.6. The highest BCUT2D eigenvalue weighted by molar-refractivity contribution is 6.32. The molecule has 98 valence electrons. The minimum absolute atomic E-state index is 0.291. The van der Waals surface area contributed by atoms with Gasteiger partial charge in [-0.2, -0.15) is 0 Å². The zero-order valence-corrected chi connectivity index (χ0v) is 11.4. The molecule has 0 saturated carbocycles. The number of esters is 1. The molecule has 1 aromatic rings. The molecule has 1 atom stereocenters. The predicted molar refractivity (Wildman–Crippen MR) is 74.5 cm³/mol. The van der Waals surface area contributed by atoms with Crippen LogP contribution in [-0.4, -0.2) is 26.0 Å². The lowest BCUT2D eigenvalue weighted by Crippen LogP contribution is -2.28. The summed E-state index contributed by atoms with van der Waals surface area (Å²) in [5.74, 6) is 0.446. The number of carbonyl (C=O) groups excluding carboxylic acids is 1. The normalized spacial score (nSPS) is 11.7. The average Bonchev–Trinajstić information content (AvgIpc) is 2.37. The first-order chi connectivity index (χ1) is 8.71. The van der Waals surface area contributed by atoms with E-state index in [1.54, 1.807) is 6.92 Å². The fraction of sp³-hybridized carbons (Fsp3) is 0.500. The second kappa shape index (κ2) is 7.80. The summed E-state index contributed by atoms with van der Waals surface area (Å²) < 4.78 is 10.7. The molecule has 18 heavy (non-hydrogen) atoms. The summed E-state index contributed by atoms with van der Waals surface area (Å²) in [6, 6.07) is 7.90. The lowest BCUT2D eigenvalue weighted by atomic mass is 9.75. The van der Waals surface area contributed by atoms with Gasteiger partial charge in [0.1, 0.15) is 13.0 Å². The van der Waals surface area contributed by atoms with E-state index in [1.807, 2.05) is 25.1 Å². The van der Waals surface area contributed by atoms with Crippen molar-refractivity contribution in [2.75, 3.05) is 6.61 Å². The summed E-state index contributed by atoms with van der Waals surface area (Å²) in [7, 11) is 1.10. The highest BCUT2D eigenvalue weighted by Crippen LogP contribution is 2.16. The largest absolute Gasteiger partial charge is 0.479 e. The Morgan fingerprint density at radius 3 is 2.78 bits per heavy atom. The van der Waals surface area contributed by atoms with Gasteiger partial charge in [0.15, 0.2) is 6.10 Å². The van der Waals surface area contributed by atoms with Crippen LogP contribution in [0, 0.1) is 0 Å². The van der Waals surface area contributed by atoms with Crippen molar-refractivity contribution in [1.82, 2.24) is 0 Å². The quantitative estimate of drug-likeness (QED) is 0.549. The van der Waals surface area contributed by atoms with E-state index in [9.17, 15) is 4.79 Å². The monoisotopic (exact) mass is 248 g/mol. The van der Waals surface area contributed by atoms with Crippen LogP contribution in [0.4, 0.5) is 0 Å². The van der Waals surface area contributed by atoms with E-state index >= 15 is 0 Å². The number of rotatable bonds is 7. The SMILES string of the molecule is CBCc1cccc(O[C@H](CC)C(=O)OCC)c1. The first-order valence-electron chi connectivity index (χ1n) is 6.63. The van der Waals surface area contributed by atoms with Gasteiger partial charge in [0.2, 0.25) is 0 Å². The van der Waals surface area contributed by atoms with Crippen molar-refractivity contribution < 1.29 is 14.3 Å². The molecule has 0 aliphatic rings. The molecule has 0 aliphatic carbocycles. The van der Waals surface area contributed by atoms with Gasteiger partial charge in [-0.15, -0.1) is 0 Å². The van der Waals surface area contributed by atoms with E-state index in [4.69, 9.17) is 9.47 Å². The van der Waals surface area contributed by atoms with E-state index in [0.717, 1.165) is 19.3 Å². The van der Waals surface area contributed by atoms with Crippen LogP contribution >= 0.6 is 0 Å². The Morgan fingerprint density at radius 2 is 2.17 bits per heavy atom. The van der Waals surface area contributed by atoms with Gasteiger partial charge >= 0.3 is 5.97 Å². The smallest absolute Gasteiger partial charge is 0.347 e. The number of hydrogen-bond donors (Lipinski definition) is 0. The minimum atomic E-state index is -0.512. The van der Waals surface area contributed by atoms with Crippen molar-refractivity contribution in [3.63, 3.8) is 0 Å². The molecule has 4 heteroatoms. The van der Waals surface area contributed by atoms with Gasteiger partial charge in [-0.05, 0) is 25.5 Å². The average molecular weight is 248 g/mol. The third-order valence-electron chi connectivity index (χ3n) is 2.64. The molecule has 0 radical (unpaired) electrons. The summed E-state index contributed by atoms with van der Waals surface area (Å²) >= 11 is 0. The molecule has 0 aromatic heterocycles. The number of ether oxygens (including phenoxy) is 2. The predicted octanol–water partition coefficient (Wildman–Crippen LogP) is 2.39. The Hall–Kier alpha value is -1.45. The molecule has 0 aliphatic heterocycles. The lowest BCUT2D eigenvalue weighted by molar-refractivity contribution is -0.151. The summed E-state index contributed by atoms with van der Waals surface area (Å²) in [6.07, 6.45) is 1.12. The van der Waals surface area contributed by atoms with Crippen molar-refractivity contribution in [3.8, 4) is 5.75 Å². The van der Waals surface area contributed by atoms with Gasteiger partial charge in [-0.3, -0.25) is 0 Å². The second-order valence-corrected chi connectivity index (χ2v) is 4.16. The van der Waals surface area contributed by atoms with Crippen LogP contribution in [0.1, 0.15) is 25.8 Å². The zero-order chi connectivity index (χ0) is 13.4. The maximum absolute atomic E-state index is 11.6. The molecule has 0 amide bonds. The fourth-order valence-electron chi connectivity index (χ4n) is 1.76. The third kappa shape index (κ3) is 4.44. The molecule has 1 rings (SSSR count). The van der Waals surface area contributed by atoms with Gasteiger partial charge in [0.05, 0.1) is 6.61 Å². The molecule has 0 fully saturated rings. The Kier molecular flexibility index (Phi) is 6.33. The van der Waals surface area contributed by atoms with Crippen LogP contribution in [0.3, 0.4) is 0 Å². The Morgan fingerprint density at radius 1 is 1.39 bits per heavy atom. The molecule has 0 heterocycles. The van der Waals surface area contributed by atoms with Crippen LogP contribution in [0.25, 0.3) is 0 Å². The van der Waals surface area contributed by atoms with Gasteiger partial charge in [-0.1, -0.05) is 37.8 Å².